The number of amides is 3. The van der Waals surface area contributed by atoms with Gasteiger partial charge in [-0.2, -0.15) is 0 Å². The molecular formula is C13H23N3O4S. The average Bonchev–Trinajstić information content (AvgIpc) is 3.03. The fourth-order valence-electron chi connectivity index (χ4n) is 2.86. The van der Waals surface area contributed by atoms with E-state index in [0.29, 0.717) is 18.9 Å². The molecule has 1 aliphatic carbocycles. The molecule has 8 heteroatoms. The average molecular weight is 317 g/mol. The number of nitrogens with one attached hydrogen (secondary N) is 3. The van der Waals surface area contributed by atoms with Crippen LogP contribution < -0.4 is 16.0 Å². The van der Waals surface area contributed by atoms with Gasteiger partial charge in [-0.25, -0.2) is 13.2 Å². The van der Waals surface area contributed by atoms with Crippen LogP contribution in [-0.4, -0.2) is 51.0 Å². The molecule has 3 amide bonds. The molecule has 1 atom stereocenters. The maximum atomic E-state index is 11.6. The van der Waals surface area contributed by atoms with Gasteiger partial charge < -0.3 is 16.0 Å². The quantitative estimate of drug-likeness (QED) is 0.652. The second-order valence-electron chi connectivity index (χ2n) is 5.88. The molecule has 2 fully saturated rings. The van der Waals surface area contributed by atoms with Gasteiger partial charge in [-0.1, -0.05) is 12.8 Å². The van der Waals surface area contributed by atoms with Crippen LogP contribution in [0.2, 0.25) is 0 Å². The van der Waals surface area contributed by atoms with Gasteiger partial charge in [0.15, 0.2) is 9.84 Å². The lowest BCUT2D eigenvalue weighted by Crippen LogP contribution is -2.45. The van der Waals surface area contributed by atoms with Gasteiger partial charge in [0, 0.05) is 12.6 Å². The zero-order valence-electron chi connectivity index (χ0n) is 12.1. The topological polar surface area (TPSA) is 104 Å². The molecule has 1 heterocycles. The smallest absolute Gasteiger partial charge is 0.315 e. The lowest BCUT2D eigenvalue weighted by atomic mass is 10.1. The van der Waals surface area contributed by atoms with E-state index in [1.807, 2.05) is 0 Å². The summed E-state index contributed by atoms with van der Waals surface area (Å²) < 4.78 is 22.5. The Morgan fingerprint density at radius 2 is 1.76 bits per heavy atom. The van der Waals surface area contributed by atoms with E-state index in [4.69, 9.17) is 0 Å². The van der Waals surface area contributed by atoms with Crippen molar-refractivity contribution in [3.63, 3.8) is 0 Å². The van der Waals surface area contributed by atoms with Crippen LogP contribution in [0.5, 0.6) is 0 Å². The molecule has 0 aromatic carbocycles. The van der Waals surface area contributed by atoms with Crippen LogP contribution in [-0.2, 0) is 14.6 Å². The zero-order valence-corrected chi connectivity index (χ0v) is 12.9. The molecule has 0 bridgehead atoms. The monoisotopic (exact) mass is 317 g/mol. The van der Waals surface area contributed by atoms with Gasteiger partial charge in [-0.05, 0) is 25.2 Å². The Balaban J connectivity index is 1.58. The highest BCUT2D eigenvalue weighted by molar-refractivity contribution is 7.91. The van der Waals surface area contributed by atoms with Crippen molar-refractivity contribution in [2.45, 2.75) is 38.1 Å². The highest BCUT2D eigenvalue weighted by Gasteiger charge is 2.28. The molecule has 1 saturated carbocycles. The maximum Gasteiger partial charge on any atom is 0.315 e. The zero-order chi connectivity index (χ0) is 15.3. The van der Waals surface area contributed by atoms with Crippen LogP contribution in [0.3, 0.4) is 0 Å². The van der Waals surface area contributed by atoms with Crippen LogP contribution in [0, 0.1) is 5.92 Å². The highest BCUT2D eigenvalue weighted by Crippen LogP contribution is 2.23. The summed E-state index contributed by atoms with van der Waals surface area (Å²) in [6, 6.07) is -0.679. The normalized spacial score (nSPS) is 24.7. The third-order valence-electron chi connectivity index (χ3n) is 4.03. The number of carbonyl (C=O) groups is 2. The van der Waals surface area contributed by atoms with Crippen molar-refractivity contribution >= 4 is 21.8 Å². The molecule has 0 aromatic heterocycles. The Labute approximate surface area is 125 Å². The lowest BCUT2D eigenvalue weighted by molar-refractivity contribution is -0.120. The van der Waals surface area contributed by atoms with Crippen molar-refractivity contribution in [1.29, 1.82) is 0 Å². The molecule has 0 unspecified atom stereocenters. The van der Waals surface area contributed by atoms with E-state index in [-0.39, 0.29) is 36.0 Å². The molecule has 2 aliphatic rings. The molecule has 0 aromatic rings. The first kappa shape index (κ1) is 16.1. The molecule has 7 nitrogen and oxygen atoms in total. The van der Waals surface area contributed by atoms with Crippen molar-refractivity contribution in [3.05, 3.63) is 0 Å². The minimum atomic E-state index is -3.00. The summed E-state index contributed by atoms with van der Waals surface area (Å²) in [5.41, 5.74) is 0. The van der Waals surface area contributed by atoms with Crippen molar-refractivity contribution in [2.75, 3.05) is 24.6 Å². The van der Waals surface area contributed by atoms with Gasteiger partial charge in [0.25, 0.3) is 0 Å². The summed E-state index contributed by atoms with van der Waals surface area (Å²) in [4.78, 5) is 23.2. The van der Waals surface area contributed by atoms with Crippen LogP contribution >= 0.6 is 0 Å². The van der Waals surface area contributed by atoms with Gasteiger partial charge in [-0.3, -0.25) is 4.79 Å². The van der Waals surface area contributed by atoms with Crippen LogP contribution in [0.25, 0.3) is 0 Å². The maximum absolute atomic E-state index is 11.6. The first-order chi connectivity index (χ1) is 9.94. The minimum absolute atomic E-state index is 0.00732. The van der Waals surface area contributed by atoms with E-state index in [2.05, 4.69) is 16.0 Å². The van der Waals surface area contributed by atoms with Gasteiger partial charge in [0.05, 0.1) is 18.1 Å². The van der Waals surface area contributed by atoms with Crippen LogP contribution in [0.4, 0.5) is 4.79 Å². The van der Waals surface area contributed by atoms with E-state index >= 15 is 0 Å². The summed E-state index contributed by atoms with van der Waals surface area (Å²) in [6.45, 7) is 0.515. The SMILES string of the molecule is O=C(CNC(=O)NCC1CCCC1)N[C@@H]1CCS(=O)(=O)C1. The second-order valence-corrected chi connectivity index (χ2v) is 8.11. The van der Waals surface area contributed by atoms with E-state index in [1.165, 1.54) is 12.8 Å². The summed E-state index contributed by atoms with van der Waals surface area (Å²) in [7, 11) is -3.00. The number of rotatable bonds is 5. The lowest BCUT2D eigenvalue weighted by Gasteiger charge is -2.13. The largest absolute Gasteiger partial charge is 0.351 e. The fourth-order valence-corrected chi connectivity index (χ4v) is 4.54. The molecule has 2 rings (SSSR count). The van der Waals surface area contributed by atoms with Crippen molar-refractivity contribution in [1.82, 2.24) is 16.0 Å². The van der Waals surface area contributed by atoms with Crippen molar-refractivity contribution in [2.24, 2.45) is 5.92 Å². The number of hydrogen-bond acceptors (Lipinski definition) is 4. The van der Waals surface area contributed by atoms with Gasteiger partial charge in [0.1, 0.15) is 0 Å². The van der Waals surface area contributed by atoms with Crippen molar-refractivity contribution < 1.29 is 18.0 Å². The Kier molecular flexibility index (Phi) is 5.44. The highest BCUT2D eigenvalue weighted by atomic mass is 32.2. The molecular weight excluding hydrogens is 294 g/mol. The molecule has 1 saturated heterocycles. The molecule has 21 heavy (non-hydrogen) atoms. The number of hydrogen-bond donors (Lipinski definition) is 3. The number of sulfone groups is 1. The molecule has 0 radical (unpaired) electrons. The van der Waals surface area contributed by atoms with Crippen LogP contribution in [0.15, 0.2) is 0 Å². The third-order valence-corrected chi connectivity index (χ3v) is 5.80. The van der Waals surface area contributed by atoms with E-state index in [1.54, 1.807) is 0 Å². The minimum Gasteiger partial charge on any atom is -0.351 e. The number of urea groups is 1. The van der Waals surface area contributed by atoms with Crippen LogP contribution in [0.1, 0.15) is 32.1 Å². The van der Waals surface area contributed by atoms with Gasteiger partial charge >= 0.3 is 6.03 Å². The Bertz CT molecular complexity index is 486. The summed E-state index contributed by atoms with van der Waals surface area (Å²) in [6.07, 6.45) is 5.19. The first-order valence-electron chi connectivity index (χ1n) is 7.46. The Hall–Kier alpha value is -1.31. The molecule has 3 N–H and O–H groups in total. The molecule has 0 spiro atoms. The van der Waals surface area contributed by atoms with E-state index in [0.717, 1.165) is 12.8 Å². The Morgan fingerprint density at radius 3 is 2.38 bits per heavy atom. The predicted octanol–water partition coefficient (Wildman–Crippen LogP) is -0.221. The first-order valence-corrected chi connectivity index (χ1v) is 9.28. The second kappa shape index (κ2) is 7.11. The van der Waals surface area contributed by atoms with Gasteiger partial charge in [-0.15, -0.1) is 0 Å². The summed E-state index contributed by atoms with van der Waals surface area (Å²) in [5.74, 6) is 0.307. The summed E-state index contributed by atoms with van der Waals surface area (Å²) in [5, 5.41) is 7.88. The molecule has 1 aliphatic heterocycles. The molecule has 120 valence electrons. The van der Waals surface area contributed by atoms with E-state index in [9.17, 15) is 18.0 Å². The standard InChI is InChI=1S/C13H23N3O4S/c17-12(16-11-5-6-21(19,20)9-11)8-15-13(18)14-7-10-3-1-2-4-10/h10-11H,1-9H2,(H,16,17)(H2,14,15,18)/t11-/m1/s1. The van der Waals surface area contributed by atoms with Gasteiger partial charge in [0.2, 0.25) is 5.91 Å². The predicted molar refractivity (Wildman–Crippen MR) is 78.6 cm³/mol. The summed E-state index contributed by atoms with van der Waals surface area (Å²) >= 11 is 0. The number of carbonyl (C=O) groups excluding carboxylic acids is 2. The third kappa shape index (κ3) is 5.53. The Morgan fingerprint density at radius 1 is 1.05 bits per heavy atom. The van der Waals surface area contributed by atoms with E-state index < -0.39 is 9.84 Å². The fraction of sp³-hybridized carbons (Fsp3) is 0.846. The van der Waals surface area contributed by atoms with Crippen molar-refractivity contribution in [3.8, 4) is 0 Å².